The lowest BCUT2D eigenvalue weighted by Crippen LogP contribution is -2.40. The molecule has 1 fully saturated rings. The zero-order valence-electron chi connectivity index (χ0n) is 13.5. The first-order chi connectivity index (χ1) is 11.5. The van der Waals surface area contributed by atoms with E-state index in [9.17, 15) is 14.4 Å². The van der Waals surface area contributed by atoms with E-state index in [1.165, 1.54) is 11.8 Å². The van der Waals surface area contributed by atoms with E-state index in [1.807, 2.05) is 6.92 Å². The third kappa shape index (κ3) is 2.99. The highest BCUT2D eigenvalue weighted by Gasteiger charge is 2.33. The smallest absolute Gasteiger partial charge is 0.414 e. The van der Waals surface area contributed by atoms with Crippen LogP contribution in [-0.4, -0.2) is 50.3 Å². The van der Waals surface area contributed by atoms with Gasteiger partial charge in [-0.25, -0.2) is 4.79 Å². The highest BCUT2D eigenvalue weighted by atomic mass is 16.6. The Morgan fingerprint density at radius 2 is 2.25 bits per heavy atom. The summed E-state index contributed by atoms with van der Waals surface area (Å²) in [6.07, 6.45) is -0.0919. The molecule has 24 heavy (non-hydrogen) atoms. The maximum atomic E-state index is 12.1. The molecule has 0 saturated carbocycles. The van der Waals surface area contributed by atoms with Gasteiger partial charge in [0.25, 0.3) is 0 Å². The molecule has 1 saturated heterocycles. The number of carbonyl (C=O) groups excluding carboxylic acids is 3. The Morgan fingerprint density at radius 1 is 1.46 bits per heavy atom. The molecular formula is C16H19N3O5. The van der Waals surface area contributed by atoms with Crippen LogP contribution in [0.25, 0.3) is 0 Å². The normalized spacial score (nSPS) is 22.5. The summed E-state index contributed by atoms with van der Waals surface area (Å²) >= 11 is 0. The average molecular weight is 333 g/mol. The molecule has 0 bridgehead atoms. The Morgan fingerprint density at radius 3 is 2.96 bits per heavy atom. The first-order valence-corrected chi connectivity index (χ1v) is 7.72. The van der Waals surface area contributed by atoms with Crippen LogP contribution in [0.3, 0.4) is 0 Å². The van der Waals surface area contributed by atoms with Crippen molar-refractivity contribution in [1.29, 1.82) is 0 Å². The number of carbonyl (C=O) groups is 3. The Labute approximate surface area is 139 Å². The maximum absolute atomic E-state index is 12.1. The highest BCUT2D eigenvalue weighted by molar-refractivity contribution is 5.91. The number of anilines is 2. The van der Waals surface area contributed by atoms with Crippen LogP contribution in [0.5, 0.6) is 5.75 Å². The summed E-state index contributed by atoms with van der Waals surface area (Å²) in [7, 11) is 0. The molecule has 8 heteroatoms. The molecule has 8 nitrogen and oxygen atoms in total. The summed E-state index contributed by atoms with van der Waals surface area (Å²) in [5.41, 5.74) is 1.30. The van der Waals surface area contributed by atoms with Crippen LogP contribution >= 0.6 is 0 Å². The number of fused-ring (bicyclic) bond motifs is 1. The zero-order chi connectivity index (χ0) is 17.3. The number of nitrogens with one attached hydrogen (secondary N) is 1. The van der Waals surface area contributed by atoms with Crippen molar-refractivity contribution in [3.63, 3.8) is 0 Å². The van der Waals surface area contributed by atoms with Gasteiger partial charge in [-0.15, -0.1) is 0 Å². The van der Waals surface area contributed by atoms with Crippen molar-refractivity contribution in [3.05, 3.63) is 18.2 Å². The van der Waals surface area contributed by atoms with Gasteiger partial charge in [-0.05, 0) is 19.1 Å². The molecule has 2 aliphatic heterocycles. The summed E-state index contributed by atoms with van der Waals surface area (Å²) in [4.78, 5) is 37.4. The topological polar surface area (TPSA) is 88.2 Å². The van der Waals surface area contributed by atoms with E-state index in [0.29, 0.717) is 30.3 Å². The number of benzene rings is 1. The highest BCUT2D eigenvalue weighted by Crippen LogP contribution is 2.37. The van der Waals surface area contributed by atoms with Gasteiger partial charge in [0.05, 0.1) is 30.5 Å². The Balaban J connectivity index is 1.77. The van der Waals surface area contributed by atoms with Crippen LogP contribution in [0, 0.1) is 0 Å². The Bertz CT molecular complexity index is 678. The fourth-order valence-corrected chi connectivity index (χ4v) is 2.78. The second kappa shape index (κ2) is 6.38. The van der Waals surface area contributed by atoms with Crippen molar-refractivity contribution in [3.8, 4) is 5.75 Å². The quantitative estimate of drug-likeness (QED) is 0.827. The van der Waals surface area contributed by atoms with Gasteiger partial charge in [0.15, 0.2) is 0 Å². The van der Waals surface area contributed by atoms with Gasteiger partial charge in [0, 0.05) is 13.0 Å². The van der Waals surface area contributed by atoms with Crippen molar-refractivity contribution in [1.82, 2.24) is 5.32 Å². The van der Waals surface area contributed by atoms with Crippen molar-refractivity contribution in [2.24, 2.45) is 0 Å². The first-order valence-electron chi connectivity index (χ1n) is 7.72. The largest absolute Gasteiger partial charge is 0.489 e. The van der Waals surface area contributed by atoms with E-state index in [4.69, 9.17) is 9.47 Å². The van der Waals surface area contributed by atoms with Crippen LogP contribution in [0.2, 0.25) is 0 Å². The molecule has 128 valence electrons. The van der Waals surface area contributed by atoms with Crippen LogP contribution in [0.15, 0.2) is 18.2 Å². The molecule has 2 aliphatic rings. The van der Waals surface area contributed by atoms with Gasteiger partial charge in [-0.2, -0.15) is 0 Å². The monoisotopic (exact) mass is 333 g/mol. The van der Waals surface area contributed by atoms with Gasteiger partial charge in [-0.3, -0.25) is 14.5 Å². The molecule has 0 aromatic heterocycles. The predicted molar refractivity (Wildman–Crippen MR) is 86.2 cm³/mol. The van der Waals surface area contributed by atoms with E-state index in [1.54, 1.807) is 23.1 Å². The minimum Gasteiger partial charge on any atom is -0.489 e. The molecule has 0 spiro atoms. The molecular weight excluding hydrogens is 314 g/mol. The van der Waals surface area contributed by atoms with Gasteiger partial charge in [0.1, 0.15) is 18.5 Å². The maximum Gasteiger partial charge on any atom is 0.414 e. The lowest BCUT2D eigenvalue weighted by molar-refractivity contribution is -0.119. The molecule has 3 amide bonds. The third-order valence-electron chi connectivity index (χ3n) is 4.05. The lowest BCUT2D eigenvalue weighted by Gasteiger charge is -2.32. The summed E-state index contributed by atoms with van der Waals surface area (Å²) in [6.45, 7) is 4.32. The molecule has 2 unspecified atom stereocenters. The fourth-order valence-electron chi connectivity index (χ4n) is 2.78. The zero-order valence-corrected chi connectivity index (χ0v) is 13.5. The second-order valence-electron chi connectivity index (χ2n) is 5.88. The molecule has 1 N–H and O–H groups in total. The van der Waals surface area contributed by atoms with Gasteiger partial charge < -0.3 is 19.7 Å². The van der Waals surface area contributed by atoms with Crippen molar-refractivity contribution in [2.45, 2.75) is 26.0 Å². The number of nitrogens with zero attached hydrogens (tertiary/aromatic N) is 2. The molecule has 1 aromatic rings. The number of cyclic esters (lactones) is 1. The van der Waals surface area contributed by atoms with Crippen molar-refractivity contribution in [2.75, 3.05) is 29.5 Å². The number of ether oxygens (including phenoxy) is 2. The predicted octanol–water partition coefficient (Wildman–Crippen LogP) is 0.892. The third-order valence-corrected chi connectivity index (χ3v) is 4.05. The van der Waals surface area contributed by atoms with E-state index in [-0.39, 0.29) is 18.5 Å². The minimum absolute atomic E-state index is 0.0420. The van der Waals surface area contributed by atoms with E-state index >= 15 is 0 Å². The van der Waals surface area contributed by atoms with Crippen LogP contribution in [-0.2, 0) is 14.3 Å². The first kappa shape index (κ1) is 16.1. The van der Waals surface area contributed by atoms with Crippen LogP contribution in [0.1, 0.15) is 13.8 Å². The van der Waals surface area contributed by atoms with Crippen LogP contribution < -0.4 is 19.9 Å². The molecule has 0 radical (unpaired) electrons. The average Bonchev–Trinajstić information content (AvgIpc) is 2.93. The SMILES string of the molecule is CC(=O)NCC1CN(c2ccc3c(c2)OCC(C)N3C=O)C(=O)O1. The number of rotatable bonds is 4. The lowest BCUT2D eigenvalue weighted by atomic mass is 10.1. The molecule has 1 aromatic carbocycles. The number of hydrogen-bond donors (Lipinski definition) is 1. The molecule has 2 heterocycles. The second-order valence-corrected chi connectivity index (χ2v) is 5.88. The van der Waals surface area contributed by atoms with E-state index < -0.39 is 12.2 Å². The summed E-state index contributed by atoms with van der Waals surface area (Å²) < 4.78 is 10.9. The summed E-state index contributed by atoms with van der Waals surface area (Å²) in [5.74, 6) is 0.380. The molecule has 3 rings (SSSR count). The van der Waals surface area contributed by atoms with E-state index in [0.717, 1.165) is 6.41 Å². The minimum atomic E-state index is -0.471. The number of amides is 3. The van der Waals surface area contributed by atoms with Crippen LogP contribution in [0.4, 0.5) is 16.2 Å². The molecule has 2 atom stereocenters. The summed E-state index contributed by atoms with van der Waals surface area (Å²) in [6, 6.07) is 5.18. The molecule has 0 aliphatic carbocycles. The van der Waals surface area contributed by atoms with Gasteiger partial charge >= 0.3 is 6.09 Å². The van der Waals surface area contributed by atoms with Gasteiger partial charge in [-0.1, -0.05) is 0 Å². The Kier molecular flexibility index (Phi) is 4.28. The Hall–Kier alpha value is -2.77. The van der Waals surface area contributed by atoms with Crippen molar-refractivity contribution < 1.29 is 23.9 Å². The van der Waals surface area contributed by atoms with Gasteiger partial charge in [0.2, 0.25) is 12.3 Å². The standard InChI is InChI=1S/C16H19N3O5/c1-10-8-23-15-5-12(3-4-14(15)19(10)9-20)18-7-13(24-16(18)22)6-17-11(2)21/h3-5,9-10,13H,6-8H2,1-2H3,(H,17,21). The van der Waals surface area contributed by atoms with Crippen molar-refractivity contribution >= 4 is 29.8 Å². The summed E-state index contributed by atoms with van der Waals surface area (Å²) in [5, 5.41) is 2.64. The number of hydrogen-bond acceptors (Lipinski definition) is 5. The van der Waals surface area contributed by atoms with E-state index in [2.05, 4.69) is 5.32 Å². The fraction of sp³-hybridized carbons (Fsp3) is 0.438.